The second-order valence-corrected chi connectivity index (χ2v) is 6.43. The molecule has 0 spiro atoms. The molecule has 26 heavy (non-hydrogen) atoms. The van der Waals surface area contributed by atoms with Crippen molar-refractivity contribution in [3.63, 3.8) is 0 Å². The summed E-state index contributed by atoms with van der Waals surface area (Å²) in [5.74, 6) is -1.04. The molecule has 0 saturated carbocycles. The van der Waals surface area contributed by atoms with Gasteiger partial charge >= 0.3 is 5.97 Å². The number of ether oxygens (including phenoxy) is 1. The summed E-state index contributed by atoms with van der Waals surface area (Å²) in [6.45, 7) is 3.14. The molecule has 8 heteroatoms. The van der Waals surface area contributed by atoms with Crippen LogP contribution < -0.4 is 10.6 Å². The van der Waals surface area contributed by atoms with Crippen molar-refractivity contribution >= 4 is 35.1 Å². The Kier molecular flexibility index (Phi) is 6.05. The zero-order valence-electron chi connectivity index (χ0n) is 14.6. The Hall–Kier alpha value is -2.80. The Morgan fingerprint density at radius 3 is 2.54 bits per heavy atom. The molecule has 0 radical (unpaired) electrons. The fraction of sp³-hybridized carbons (Fsp3) is 0.278. The van der Waals surface area contributed by atoms with Crippen molar-refractivity contribution in [2.45, 2.75) is 20.4 Å². The van der Waals surface area contributed by atoms with Crippen LogP contribution in [0.5, 0.6) is 0 Å². The summed E-state index contributed by atoms with van der Waals surface area (Å²) in [6.07, 6.45) is 1.50. The number of furan rings is 1. The van der Waals surface area contributed by atoms with Crippen LogP contribution in [0.4, 0.5) is 5.69 Å². The van der Waals surface area contributed by atoms with Crippen LogP contribution in [0.1, 0.15) is 30.0 Å². The largest absolute Gasteiger partial charge is 0.467 e. The molecular weight excluding hydrogens is 360 g/mol. The molecule has 2 amide bonds. The molecule has 1 heterocycles. The van der Waals surface area contributed by atoms with Crippen molar-refractivity contribution < 1.29 is 23.5 Å². The first-order chi connectivity index (χ1) is 12.3. The molecule has 0 aliphatic rings. The number of halogens is 1. The van der Waals surface area contributed by atoms with Gasteiger partial charge in [-0.3, -0.25) is 9.59 Å². The average molecular weight is 379 g/mol. The maximum absolute atomic E-state index is 12.6. The van der Waals surface area contributed by atoms with E-state index in [1.165, 1.54) is 45.4 Å². The van der Waals surface area contributed by atoms with Crippen LogP contribution in [0, 0.1) is 5.41 Å². The number of carbonyl (C=O) groups excluding carboxylic acids is 3. The molecule has 2 aromatic rings. The molecule has 0 aliphatic heterocycles. The number of benzene rings is 1. The molecule has 0 saturated heterocycles. The van der Waals surface area contributed by atoms with Gasteiger partial charge in [0.1, 0.15) is 11.2 Å². The van der Waals surface area contributed by atoms with E-state index >= 15 is 0 Å². The van der Waals surface area contributed by atoms with Gasteiger partial charge in [0.15, 0.2) is 0 Å². The lowest BCUT2D eigenvalue weighted by molar-refractivity contribution is -0.138. The third kappa shape index (κ3) is 4.43. The van der Waals surface area contributed by atoms with Crippen molar-refractivity contribution in [3.8, 4) is 0 Å². The summed E-state index contributed by atoms with van der Waals surface area (Å²) in [7, 11) is 1.25. The van der Waals surface area contributed by atoms with Crippen LogP contribution in [0.3, 0.4) is 0 Å². The maximum atomic E-state index is 12.6. The lowest BCUT2D eigenvalue weighted by Crippen LogP contribution is -2.44. The Morgan fingerprint density at radius 1 is 1.19 bits per heavy atom. The van der Waals surface area contributed by atoms with E-state index in [-0.39, 0.29) is 22.8 Å². The van der Waals surface area contributed by atoms with E-state index in [9.17, 15) is 14.4 Å². The third-order valence-electron chi connectivity index (χ3n) is 3.77. The van der Waals surface area contributed by atoms with Crippen molar-refractivity contribution in [1.82, 2.24) is 5.32 Å². The monoisotopic (exact) mass is 378 g/mol. The lowest BCUT2D eigenvalue weighted by atomic mass is 9.91. The summed E-state index contributed by atoms with van der Waals surface area (Å²) in [5, 5.41) is 5.46. The van der Waals surface area contributed by atoms with Gasteiger partial charge in [0.25, 0.3) is 0 Å². The van der Waals surface area contributed by atoms with E-state index in [1.807, 2.05) is 0 Å². The van der Waals surface area contributed by atoms with Crippen LogP contribution in [0.15, 0.2) is 41.0 Å². The summed E-state index contributed by atoms with van der Waals surface area (Å²) >= 11 is 6.07. The number of carbonyl (C=O) groups is 3. The number of hydrogen-bond acceptors (Lipinski definition) is 5. The van der Waals surface area contributed by atoms with Crippen molar-refractivity contribution in [3.05, 3.63) is 52.9 Å². The Labute approximate surface area is 155 Å². The predicted molar refractivity (Wildman–Crippen MR) is 95.8 cm³/mol. The molecule has 1 aromatic carbocycles. The number of rotatable bonds is 6. The standard InChI is InChI=1S/C18H19ClN2O5/c1-18(2,16(23)20-10-12-5-4-8-26-12)17(24)21-14-9-11(15(22)25-3)6-7-13(14)19/h4-9H,10H2,1-3H3,(H,20,23)(H,21,24). The molecule has 7 nitrogen and oxygen atoms in total. The second-order valence-electron chi connectivity index (χ2n) is 6.03. The highest BCUT2D eigenvalue weighted by Crippen LogP contribution is 2.26. The van der Waals surface area contributed by atoms with Crippen molar-refractivity contribution in [1.29, 1.82) is 0 Å². The van der Waals surface area contributed by atoms with E-state index < -0.39 is 23.2 Å². The van der Waals surface area contributed by atoms with Crippen molar-refractivity contribution in [2.24, 2.45) is 5.41 Å². The van der Waals surface area contributed by atoms with E-state index in [4.69, 9.17) is 16.0 Å². The number of nitrogens with one attached hydrogen (secondary N) is 2. The molecule has 0 bridgehead atoms. The molecule has 138 valence electrons. The number of hydrogen-bond donors (Lipinski definition) is 2. The molecule has 0 aliphatic carbocycles. The minimum Gasteiger partial charge on any atom is -0.467 e. The topological polar surface area (TPSA) is 97.6 Å². The first-order valence-electron chi connectivity index (χ1n) is 7.75. The van der Waals surface area contributed by atoms with Crippen LogP contribution in [-0.2, 0) is 20.9 Å². The molecule has 0 atom stereocenters. The van der Waals surface area contributed by atoms with E-state index in [2.05, 4.69) is 15.4 Å². The first kappa shape index (κ1) is 19.5. The van der Waals surface area contributed by atoms with Crippen LogP contribution >= 0.6 is 11.6 Å². The van der Waals surface area contributed by atoms with Crippen molar-refractivity contribution in [2.75, 3.05) is 12.4 Å². The lowest BCUT2D eigenvalue weighted by Gasteiger charge is -2.23. The highest BCUT2D eigenvalue weighted by molar-refractivity contribution is 6.34. The summed E-state index contributed by atoms with van der Waals surface area (Å²) in [6, 6.07) is 7.75. The Balaban J connectivity index is 2.09. The van der Waals surface area contributed by atoms with Gasteiger partial charge in [-0.05, 0) is 44.2 Å². The van der Waals surface area contributed by atoms with Crippen LogP contribution in [-0.4, -0.2) is 24.9 Å². The second kappa shape index (κ2) is 8.05. The van der Waals surface area contributed by atoms with E-state index in [0.29, 0.717) is 5.76 Å². The highest BCUT2D eigenvalue weighted by Gasteiger charge is 2.36. The van der Waals surface area contributed by atoms with Gasteiger partial charge in [-0.1, -0.05) is 11.6 Å². The molecule has 0 fully saturated rings. The molecule has 2 N–H and O–H groups in total. The van der Waals surface area contributed by atoms with Crippen LogP contribution in [0.25, 0.3) is 0 Å². The SMILES string of the molecule is COC(=O)c1ccc(Cl)c(NC(=O)C(C)(C)C(=O)NCc2ccco2)c1. The minimum absolute atomic E-state index is 0.168. The smallest absolute Gasteiger partial charge is 0.337 e. The van der Waals surface area contributed by atoms with Gasteiger partial charge in [-0.15, -0.1) is 0 Å². The predicted octanol–water partition coefficient (Wildman–Crippen LogP) is 3.00. The number of amides is 2. The normalized spacial score (nSPS) is 10.9. The number of anilines is 1. The third-order valence-corrected chi connectivity index (χ3v) is 4.10. The maximum Gasteiger partial charge on any atom is 0.337 e. The van der Waals surface area contributed by atoms with Crippen LogP contribution in [0.2, 0.25) is 5.02 Å². The van der Waals surface area contributed by atoms with Gasteiger partial charge in [0, 0.05) is 0 Å². The number of esters is 1. The van der Waals surface area contributed by atoms with Gasteiger partial charge < -0.3 is 19.8 Å². The zero-order chi connectivity index (χ0) is 19.3. The highest BCUT2D eigenvalue weighted by atomic mass is 35.5. The molecule has 0 unspecified atom stereocenters. The summed E-state index contributed by atoms with van der Waals surface area (Å²) < 4.78 is 9.78. The Bertz CT molecular complexity index is 815. The average Bonchev–Trinajstić information content (AvgIpc) is 3.14. The fourth-order valence-corrected chi connectivity index (χ4v) is 2.21. The van der Waals surface area contributed by atoms with Gasteiger partial charge in [0.05, 0.1) is 36.2 Å². The molecule has 2 rings (SSSR count). The van der Waals surface area contributed by atoms with Gasteiger partial charge in [0.2, 0.25) is 11.8 Å². The summed E-state index contributed by atoms with van der Waals surface area (Å²) in [4.78, 5) is 36.6. The van der Waals surface area contributed by atoms with E-state index in [0.717, 1.165) is 0 Å². The fourth-order valence-electron chi connectivity index (χ4n) is 2.05. The quantitative estimate of drug-likeness (QED) is 0.594. The zero-order valence-corrected chi connectivity index (χ0v) is 15.3. The minimum atomic E-state index is -1.38. The van der Waals surface area contributed by atoms with E-state index in [1.54, 1.807) is 12.1 Å². The van der Waals surface area contributed by atoms with Gasteiger partial charge in [-0.25, -0.2) is 4.79 Å². The molecule has 1 aromatic heterocycles. The van der Waals surface area contributed by atoms with Gasteiger partial charge in [-0.2, -0.15) is 0 Å². The molecular formula is C18H19ClN2O5. The number of methoxy groups -OCH3 is 1. The Morgan fingerprint density at radius 2 is 1.92 bits per heavy atom. The first-order valence-corrected chi connectivity index (χ1v) is 8.13. The summed E-state index contributed by atoms with van der Waals surface area (Å²) in [5.41, 5.74) is -0.934.